The summed E-state index contributed by atoms with van der Waals surface area (Å²) in [5.74, 6) is 0.953. The highest BCUT2D eigenvalue weighted by molar-refractivity contribution is 7.13. The van der Waals surface area contributed by atoms with E-state index in [-0.39, 0.29) is 6.10 Å². The molecule has 0 aliphatic carbocycles. The molecule has 1 nitrogen and oxygen atoms in total. The molecular formula is C14H16OS. The van der Waals surface area contributed by atoms with Gasteiger partial charge in [0.15, 0.2) is 0 Å². The molecule has 0 fully saturated rings. The number of thiophene rings is 1. The van der Waals surface area contributed by atoms with Crippen LogP contribution in [-0.2, 0) is 0 Å². The summed E-state index contributed by atoms with van der Waals surface area (Å²) in [6, 6.07) is 12.5. The summed E-state index contributed by atoms with van der Waals surface area (Å²) < 4.78 is 5.74. The van der Waals surface area contributed by atoms with Gasteiger partial charge in [-0.15, -0.1) is 11.3 Å². The molecule has 0 saturated carbocycles. The van der Waals surface area contributed by atoms with Crippen molar-refractivity contribution in [3.8, 4) is 16.2 Å². The predicted octanol–water partition coefficient (Wildman–Crippen LogP) is 4.59. The molecule has 0 saturated heterocycles. The Bertz CT molecular complexity index is 417. The lowest BCUT2D eigenvalue weighted by Crippen LogP contribution is -2.09. The minimum Gasteiger partial charge on any atom is -0.491 e. The molecule has 0 aliphatic rings. The molecule has 2 rings (SSSR count). The number of hydrogen-bond acceptors (Lipinski definition) is 2. The average molecular weight is 232 g/mol. The maximum absolute atomic E-state index is 5.74. The molecule has 1 heterocycles. The Morgan fingerprint density at radius 2 is 1.94 bits per heavy atom. The van der Waals surface area contributed by atoms with Gasteiger partial charge in [0.05, 0.1) is 6.10 Å². The van der Waals surface area contributed by atoms with Crippen molar-refractivity contribution in [1.29, 1.82) is 0 Å². The molecule has 0 aliphatic heterocycles. The van der Waals surface area contributed by atoms with Crippen LogP contribution in [0.25, 0.3) is 10.4 Å². The molecule has 0 N–H and O–H groups in total. The smallest absolute Gasteiger partial charge is 0.119 e. The standard InChI is InChI=1S/C14H16OS/c1-3-11(2)15-13-8-6-12(7-9-13)14-5-4-10-16-14/h4-11H,3H2,1-2H3. The Morgan fingerprint density at radius 3 is 2.50 bits per heavy atom. The summed E-state index contributed by atoms with van der Waals surface area (Å²) in [4.78, 5) is 1.30. The highest BCUT2D eigenvalue weighted by Crippen LogP contribution is 2.26. The normalized spacial score (nSPS) is 12.4. The summed E-state index contributed by atoms with van der Waals surface area (Å²) in [6.07, 6.45) is 1.32. The van der Waals surface area contributed by atoms with Crippen molar-refractivity contribution in [1.82, 2.24) is 0 Å². The second-order valence-corrected chi connectivity index (χ2v) is 4.79. The van der Waals surface area contributed by atoms with Gasteiger partial charge in [-0.1, -0.05) is 13.0 Å². The molecule has 0 spiro atoms. The van der Waals surface area contributed by atoms with E-state index in [0.717, 1.165) is 12.2 Å². The zero-order valence-corrected chi connectivity index (χ0v) is 10.5. The number of rotatable bonds is 4. The third-order valence-corrected chi connectivity index (χ3v) is 3.49. The first kappa shape index (κ1) is 11.2. The van der Waals surface area contributed by atoms with Gasteiger partial charge in [0.25, 0.3) is 0 Å². The van der Waals surface area contributed by atoms with Crippen molar-refractivity contribution in [2.75, 3.05) is 0 Å². The minimum absolute atomic E-state index is 0.285. The summed E-state index contributed by atoms with van der Waals surface area (Å²) >= 11 is 1.76. The molecule has 1 aromatic carbocycles. The molecule has 1 unspecified atom stereocenters. The van der Waals surface area contributed by atoms with E-state index in [1.807, 2.05) is 12.1 Å². The lowest BCUT2D eigenvalue weighted by Gasteiger charge is -2.12. The molecule has 0 amide bonds. The number of ether oxygens (including phenoxy) is 1. The van der Waals surface area contributed by atoms with Crippen LogP contribution in [-0.4, -0.2) is 6.10 Å². The summed E-state index contributed by atoms with van der Waals surface area (Å²) in [5, 5.41) is 2.10. The Morgan fingerprint density at radius 1 is 1.19 bits per heavy atom. The quantitative estimate of drug-likeness (QED) is 0.749. The van der Waals surface area contributed by atoms with Crippen molar-refractivity contribution < 1.29 is 4.74 Å². The van der Waals surface area contributed by atoms with Crippen LogP contribution in [0.5, 0.6) is 5.75 Å². The van der Waals surface area contributed by atoms with Crippen molar-refractivity contribution in [3.63, 3.8) is 0 Å². The van der Waals surface area contributed by atoms with Gasteiger partial charge in [0.1, 0.15) is 5.75 Å². The second kappa shape index (κ2) is 5.17. The van der Waals surface area contributed by atoms with Crippen molar-refractivity contribution in [3.05, 3.63) is 41.8 Å². The molecule has 0 bridgehead atoms. The second-order valence-electron chi connectivity index (χ2n) is 3.84. The largest absolute Gasteiger partial charge is 0.491 e. The third-order valence-electron chi connectivity index (χ3n) is 2.57. The van der Waals surface area contributed by atoms with E-state index in [1.54, 1.807) is 11.3 Å². The summed E-state index contributed by atoms with van der Waals surface area (Å²) in [5.41, 5.74) is 1.26. The summed E-state index contributed by atoms with van der Waals surface area (Å²) in [6.45, 7) is 4.22. The fourth-order valence-corrected chi connectivity index (χ4v) is 2.19. The van der Waals surface area contributed by atoms with Gasteiger partial charge in [0.2, 0.25) is 0 Å². The molecular weight excluding hydrogens is 216 g/mol. The molecule has 16 heavy (non-hydrogen) atoms. The van der Waals surface area contributed by atoms with Crippen LogP contribution in [0.3, 0.4) is 0 Å². The van der Waals surface area contributed by atoms with Gasteiger partial charge in [-0.25, -0.2) is 0 Å². The monoisotopic (exact) mass is 232 g/mol. The third kappa shape index (κ3) is 2.64. The highest BCUT2D eigenvalue weighted by Gasteiger charge is 2.02. The van der Waals surface area contributed by atoms with Crippen molar-refractivity contribution >= 4 is 11.3 Å². The predicted molar refractivity (Wildman–Crippen MR) is 70.1 cm³/mol. The van der Waals surface area contributed by atoms with Gasteiger partial charge in [-0.05, 0) is 54.6 Å². The Kier molecular flexibility index (Phi) is 3.62. The zero-order chi connectivity index (χ0) is 11.4. The first-order valence-electron chi connectivity index (χ1n) is 5.60. The Hall–Kier alpha value is -1.28. The molecule has 2 heteroatoms. The van der Waals surface area contributed by atoms with Crippen LogP contribution < -0.4 is 4.74 Å². The topological polar surface area (TPSA) is 9.23 Å². The Balaban J connectivity index is 2.11. The zero-order valence-electron chi connectivity index (χ0n) is 9.64. The van der Waals surface area contributed by atoms with E-state index in [1.165, 1.54) is 10.4 Å². The first-order chi connectivity index (χ1) is 7.79. The first-order valence-corrected chi connectivity index (χ1v) is 6.48. The highest BCUT2D eigenvalue weighted by atomic mass is 32.1. The van der Waals surface area contributed by atoms with Crippen LogP contribution in [0.2, 0.25) is 0 Å². The number of benzene rings is 1. The minimum atomic E-state index is 0.285. The molecule has 2 aromatic rings. The fourth-order valence-electron chi connectivity index (χ4n) is 1.46. The van der Waals surface area contributed by atoms with Gasteiger partial charge in [-0.2, -0.15) is 0 Å². The Labute approximate surface area is 101 Å². The van der Waals surface area contributed by atoms with E-state index < -0.39 is 0 Å². The van der Waals surface area contributed by atoms with Gasteiger partial charge < -0.3 is 4.74 Å². The van der Waals surface area contributed by atoms with Crippen LogP contribution in [0.1, 0.15) is 20.3 Å². The lowest BCUT2D eigenvalue weighted by molar-refractivity contribution is 0.217. The van der Waals surface area contributed by atoms with Crippen molar-refractivity contribution in [2.24, 2.45) is 0 Å². The summed E-state index contributed by atoms with van der Waals surface area (Å²) in [7, 11) is 0. The fraction of sp³-hybridized carbons (Fsp3) is 0.286. The van der Waals surface area contributed by atoms with Gasteiger partial charge >= 0.3 is 0 Å². The maximum Gasteiger partial charge on any atom is 0.119 e. The van der Waals surface area contributed by atoms with E-state index in [9.17, 15) is 0 Å². The van der Waals surface area contributed by atoms with Gasteiger partial charge in [-0.3, -0.25) is 0 Å². The molecule has 1 aromatic heterocycles. The maximum atomic E-state index is 5.74. The van der Waals surface area contributed by atoms with Crippen molar-refractivity contribution in [2.45, 2.75) is 26.4 Å². The van der Waals surface area contributed by atoms with E-state index >= 15 is 0 Å². The van der Waals surface area contributed by atoms with E-state index in [2.05, 4.69) is 43.5 Å². The SMILES string of the molecule is CCC(C)Oc1ccc(-c2cccs2)cc1. The average Bonchev–Trinajstić information content (AvgIpc) is 2.83. The molecule has 1 atom stereocenters. The van der Waals surface area contributed by atoms with Gasteiger partial charge in [0, 0.05) is 4.88 Å². The van der Waals surface area contributed by atoms with Crippen LogP contribution >= 0.6 is 11.3 Å². The lowest BCUT2D eigenvalue weighted by atomic mass is 10.2. The van der Waals surface area contributed by atoms with Crippen LogP contribution in [0.15, 0.2) is 41.8 Å². The van der Waals surface area contributed by atoms with E-state index in [4.69, 9.17) is 4.74 Å². The molecule has 84 valence electrons. The van der Waals surface area contributed by atoms with E-state index in [0.29, 0.717) is 0 Å². The number of hydrogen-bond donors (Lipinski definition) is 0. The molecule has 0 radical (unpaired) electrons. The van der Waals surface area contributed by atoms with Crippen LogP contribution in [0.4, 0.5) is 0 Å². The van der Waals surface area contributed by atoms with Crippen LogP contribution in [0, 0.1) is 0 Å².